The maximum Gasteiger partial charge on any atom is 0.130 e. The number of pyridine rings is 2. The summed E-state index contributed by atoms with van der Waals surface area (Å²) in [5.74, 6) is 0.587. The monoisotopic (exact) mass is 352 g/mol. The van der Waals surface area contributed by atoms with Gasteiger partial charge in [-0.1, -0.05) is 6.07 Å². The van der Waals surface area contributed by atoms with Gasteiger partial charge in [0.1, 0.15) is 5.82 Å². The predicted molar refractivity (Wildman–Crippen MR) is 97.9 cm³/mol. The number of nitriles is 1. The zero-order valence-corrected chi connectivity index (χ0v) is 14.5. The van der Waals surface area contributed by atoms with Crippen molar-refractivity contribution in [3.05, 3.63) is 48.4 Å². The van der Waals surface area contributed by atoms with Crippen LogP contribution in [0.3, 0.4) is 0 Å². The van der Waals surface area contributed by atoms with Gasteiger partial charge >= 0.3 is 0 Å². The van der Waals surface area contributed by atoms with Crippen molar-refractivity contribution >= 4 is 18.2 Å². The van der Waals surface area contributed by atoms with Crippen molar-refractivity contribution in [3.63, 3.8) is 0 Å². The minimum atomic E-state index is -0.300. The summed E-state index contributed by atoms with van der Waals surface area (Å²) >= 11 is 0. The second-order valence-corrected chi connectivity index (χ2v) is 6.13. The van der Waals surface area contributed by atoms with Gasteiger partial charge in [0.15, 0.2) is 0 Å². The summed E-state index contributed by atoms with van der Waals surface area (Å²) in [6.07, 6.45) is 7.14. The average Bonchev–Trinajstić information content (AvgIpc) is 3.37. The Balaban J connectivity index is 0.00000182. The maximum atomic E-state index is 9.25. The van der Waals surface area contributed by atoms with Gasteiger partial charge in [0.25, 0.3) is 0 Å². The molecule has 0 radical (unpaired) electrons. The second-order valence-electron chi connectivity index (χ2n) is 6.13. The second kappa shape index (κ2) is 6.19. The van der Waals surface area contributed by atoms with E-state index in [4.69, 9.17) is 5.73 Å². The first-order chi connectivity index (χ1) is 11.6. The van der Waals surface area contributed by atoms with Gasteiger partial charge in [-0.15, -0.1) is 12.4 Å². The summed E-state index contributed by atoms with van der Waals surface area (Å²) in [6.45, 7) is 0. The normalized spacial score (nSPS) is 14.4. The molecule has 25 heavy (non-hydrogen) atoms. The fraction of sp³-hybridized carbons (Fsp3) is 0.222. The van der Waals surface area contributed by atoms with E-state index in [1.54, 1.807) is 30.3 Å². The van der Waals surface area contributed by atoms with Crippen molar-refractivity contribution in [3.8, 4) is 28.6 Å². The number of hydrogen-bond donors (Lipinski definition) is 1. The Morgan fingerprint density at radius 3 is 2.28 bits per heavy atom. The Kier molecular flexibility index (Phi) is 4.19. The molecule has 1 saturated carbocycles. The zero-order chi connectivity index (χ0) is 16.7. The van der Waals surface area contributed by atoms with E-state index in [-0.39, 0.29) is 17.8 Å². The van der Waals surface area contributed by atoms with Crippen molar-refractivity contribution in [2.75, 3.05) is 5.73 Å². The molecule has 1 fully saturated rings. The van der Waals surface area contributed by atoms with E-state index in [0.29, 0.717) is 5.82 Å². The molecule has 126 valence electrons. The largest absolute Gasteiger partial charge is 0.383 e. The first-order valence-electron chi connectivity index (χ1n) is 7.75. The van der Waals surface area contributed by atoms with Crippen molar-refractivity contribution in [1.82, 2.24) is 19.7 Å². The maximum absolute atomic E-state index is 9.25. The van der Waals surface area contributed by atoms with Crippen LogP contribution >= 0.6 is 12.4 Å². The van der Waals surface area contributed by atoms with Gasteiger partial charge in [0, 0.05) is 25.0 Å². The highest BCUT2D eigenvalue weighted by molar-refractivity contribution is 5.85. The lowest BCUT2D eigenvalue weighted by atomic mass is 9.99. The molecule has 2 N–H and O–H groups in total. The molecular weight excluding hydrogens is 336 g/mol. The fourth-order valence-corrected chi connectivity index (χ4v) is 2.79. The van der Waals surface area contributed by atoms with Gasteiger partial charge in [0.05, 0.1) is 34.6 Å². The van der Waals surface area contributed by atoms with Gasteiger partial charge in [-0.25, -0.2) is 0 Å². The van der Waals surface area contributed by atoms with Gasteiger partial charge in [-0.2, -0.15) is 10.4 Å². The highest BCUT2D eigenvalue weighted by atomic mass is 35.5. The molecule has 3 aromatic rings. The highest BCUT2D eigenvalue weighted by Gasteiger charge is 2.45. The molecule has 0 amide bonds. The first kappa shape index (κ1) is 16.9. The topological polar surface area (TPSA) is 93.4 Å². The van der Waals surface area contributed by atoms with Crippen LogP contribution in [0.2, 0.25) is 0 Å². The molecule has 0 atom stereocenters. The number of halogens is 1. The molecule has 3 aromatic heterocycles. The predicted octanol–water partition coefficient (Wildman–Crippen LogP) is 3.10. The third-order valence-corrected chi connectivity index (χ3v) is 4.60. The van der Waals surface area contributed by atoms with Crippen LogP contribution in [0.15, 0.2) is 42.9 Å². The summed E-state index contributed by atoms with van der Waals surface area (Å²) in [5, 5.41) is 13.4. The molecule has 7 heteroatoms. The minimum Gasteiger partial charge on any atom is -0.383 e. The van der Waals surface area contributed by atoms with Crippen LogP contribution in [-0.4, -0.2) is 19.7 Å². The number of aromatic nitrogens is 4. The van der Waals surface area contributed by atoms with Crippen LogP contribution < -0.4 is 5.73 Å². The summed E-state index contributed by atoms with van der Waals surface area (Å²) in [7, 11) is 1.80. The van der Waals surface area contributed by atoms with Crippen LogP contribution in [0.1, 0.15) is 18.4 Å². The molecule has 1 aliphatic carbocycles. The SMILES string of the molecule is Cl.Cn1ncc(-c2ccc(-c3ccc(C4(C#N)CC4)cn3)cn2)c1N. The number of nitrogens with zero attached hydrogens (tertiary/aromatic N) is 5. The molecule has 4 rings (SSSR count). The molecule has 0 aromatic carbocycles. The van der Waals surface area contributed by atoms with E-state index in [1.807, 2.05) is 24.3 Å². The lowest BCUT2D eigenvalue weighted by molar-refractivity contribution is 0.779. The molecule has 6 nitrogen and oxygen atoms in total. The first-order valence-corrected chi connectivity index (χ1v) is 7.75. The molecule has 3 heterocycles. The standard InChI is InChI=1S/C18H16N6.ClH/c1-24-17(20)14(10-23-24)16-4-2-12(8-21-16)15-5-3-13(9-22-15)18(11-19)6-7-18;/h2-5,8-10H,6-7,20H2,1H3;1H. The number of rotatable bonds is 3. The van der Waals surface area contributed by atoms with Crippen molar-refractivity contribution in [2.45, 2.75) is 18.3 Å². The highest BCUT2D eigenvalue weighted by Crippen LogP contribution is 2.47. The van der Waals surface area contributed by atoms with Crippen LogP contribution in [0.25, 0.3) is 22.5 Å². The quantitative estimate of drug-likeness (QED) is 0.781. The minimum absolute atomic E-state index is 0. The average molecular weight is 353 g/mol. The summed E-state index contributed by atoms with van der Waals surface area (Å²) in [6, 6.07) is 10.2. The Labute approximate surface area is 151 Å². The zero-order valence-electron chi connectivity index (χ0n) is 13.7. The molecule has 0 saturated heterocycles. The lowest BCUT2D eigenvalue weighted by Gasteiger charge is -2.07. The fourth-order valence-electron chi connectivity index (χ4n) is 2.79. The summed E-state index contributed by atoms with van der Waals surface area (Å²) in [5.41, 5.74) is 10.0. The smallest absolute Gasteiger partial charge is 0.130 e. The Morgan fingerprint density at radius 1 is 1.08 bits per heavy atom. The van der Waals surface area contributed by atoms with E-state index >= 15 is 0 Å². The van der Waals surface area contributed by atoms with E-state index in [9.17, 15) is 5.26 Å². The molecule has 1 aliphatic rings. The van der Waals surface area contributed by atoms with Gasteiger partial charge in [-0.05, 0) is 36.6 Å². The third-order valence-electron chi connectivity index (χ3n) is 4.60. The van der Waals surface area contributed by atoms with E-state index in [0.717, 1.165) is 40.9 Å². The Hall–Kier alpha value is -2.91. The van der Waals surface area contributed by atoms with Gasteiger partial charge in [0.2, 0.25) is 0 Å². The van der Waals surface area contributed by atoms with Crippen molar-refractivity contribution in [2.24, 2.45) is 7.05 Å². The lowest BCUT2D eigenvalue weighted by Crippen LogP contribution is -2.03. The van der Waals surface area contributed by atoms with Crippen molar-refractivity contribution < 1.29 is 0 Å². The van der Waals surface area contributed by atoms with Crippen LogP contribution in [-0.2, 0) is 12.5 Å². The van der Waals surface area contributed by atoms with Gasteiger partial charge in [-0.3, -0.25) is 14.6 Å². The molecule has 0 spiro atoms. The van der Waals surface area contributed by atoms with Crippen LogP contribution in [0.4, 0.5) is 5.82 Å². The molecule has 0 unspecified atom stereocenters. The van der Waals surface area contributed by atoms with Gasteiger partial charge < -0.3 is 5.73 Å². The Morgan fingerprint density at radius 2 is 1.80 bits per heavy atom. The van der Waals surface area contributed by atoms with Crippen molar-refractivity contribution in [1.29, 1.82) is 5.26 Å². The molecule has 0 aliphatic heterocycles. The Bertz CT molecular complexity index is 933. The van der Waals surface area contributed by atoms with Crippen LogP contribution in [0, 0.1) is 11.3 Å². The number of nitrogens with two attached hydrogens (primary N) is 1. The molecular formula is C18H17ClN6. The number of hydrogen-bond acceptors (Lipinski definition) is 5. The molecule has 0 bridgehead atoms. The summed E-state index contributed by atoms with van der Waals surface area (Å²) < 4.78 is 1.62. The van der Waals surface area contributed by atoms with Crippen LogP contribution in [0.5, 0.6) is 0 Å². The summed E-state index contributed by atoms with van der Waals surface area (Å²) in [4.78, 5) is 8.97. The van der Waals surface area contributed by atoms with E-state index in [2.05, 4.69) is 21.1 Å². The number of anilines is 1. The number of nitrogen functional groups attached to an aromatic ring is 1. The third kappa shape index (κ3) is 2.83. The number of aryl methyl sites for hydroxylation is 1. The van der Waals surface area contributed by atoms with E-state index in [1.165, 1.54) is 0 Å². The van der Waals surface area contributed by atoms with E-state index < -0.39 is 0 Å².